The normalized spacial score (nSPS) is 28.5. The molecule has 0 radical (unpaired) electrons. The average Bonchev–Trinajstić information content (AvgIpc) is 1.85. The summed E-state index contributed by atoms with van der Waals surface area (Å²) in [5.41, 5.74) is 0. The first-order valence-corrected chi connectivity index (χ1v) is 3.08. The van der Waals surface area contributed by atoms with Gasteiger partial charge in [-0.2, -0.15) is 0 Å². The van der Waals surface area contributed by atoms with Crippen LogP contribution >= 0.6 is 15.9 Å². The lowest BCUT2D eigenvalue weighted by Crippen LogP contribution is -1.99. The number of aliphatic hydroxyl groups excluding tert-OH is 1. The number of carbonyl (C=O) groups excluding carboxylic acids is 1. The fraction of sp³-hybridized carbons (Fsp3) is 0.400. The van der Waals surface area contributed by atoms with E-state index >= 15 is 0 Å². The molecule has 3 heteroatoms. The highest BCUT2D eigenvalue weighted by Gasteiger charge is 2.19. The largest absolute Gasteiger partial charge is 0.389 e. The summed E-state index contributed by atoms with van der Waals surface area (Å²) in [6.07, 6.45) is 1.18. The number of aliphatic hydroxyl groups is 1. The predicted molar refractivity (Wildman–Crippen MR) is 32.6 cm³/mol. The smallest absolute Gasteiger partial charge is 0.172 e. The zero-order valence-corrected chi connectivity index (χ0v) is 5.68. The lowest BCUT2D eigenvalue weighted by molar-refractivity contribution is -0.115. The third-order valence-electron chi connectivity index (χ3n) is 1.000. The molecule has 0 aliphatic heterocycles. The van der Waals surface area contributed by atoms with Crippen LogP contribution in [0.4, 0.5) is 0 Å². The zero-order valence-electron chi connectivity index (χ0n) is 4.10. The molecule has 1 aliphatic carbocycles. The molecular formula is C5H5BrO2. The molecule has 8 heavy (non-hydrogen) atoms. The van der Waals surface area contributed by atoms with Crippen molar-refractivity contribution in [2.24, 2.45) is 0 Å². The van der Waals surface area contributed by atoms with Crippen LogP contribution in [0.1, 0.15) is 6.42 Å². The van der Waals surface area contributed by atoms with Gasteiger partial charge in [-0.15, -0.1) is 0 Å². The SMILES string of the molecule is O=C1CC(O)C=C1Br. The van der Waals surface area contributed by atoms with Gasteiger partial charge in [-0.3, -0.25) is 4.79 Å². The van der Waals surface area contributed by atoms with Gasteiger partial charge in [0.2, 0.25) is 0 Å². The second-order valence-electron chi connectivity index (χ2n) is 1.71. The molecule has 0 saturated carbocycles. The first-order chi connectivity index (χ1) is 3.70. The molecule has 0 heterocycles. The molecule has 1 aliphatic rings. The highest BCUT2D eigenvalue weighted by molar-refractivity contribution is 9.12. The van der Waals surface area contributed by atoms with Gasteiger partial charge in [0.25, 0.3) is 0 Å². The van der Waals surface area contributed by atoms with Crippen molar-refractivity contribution in [3.05, 3.63) is 10.6 Å². The van der Waals surface area contributed by atoms with E-state index < -0.39 is 6.10 Å². The molecule has 1 N–H and O–H groups in total. The Morgan fingerprint density at radius 3 is 2.62 bits per heavy atom. The van der Waals surface area contributed by atoms with E-state index in [-0.39, 0.29) is 12.2 Å². The summed E-state index contributed by atoms with van der Waals surface area (Å²) in [7, 11) is 0. The van der Waals surface area contributed by atoms with Gasteiger partial charge < -0.3 is 5.11 Å². The van der Waals surface area contributed by atoms with E-state index in [0.29, 0.717) is 4.48 Å². The maximum absolute atomic E-state index is 10.5. The van der Waals surface area contributed by atoms with Crippen LogP contribution in [0.15, 0.2) is 10.6 Å². The Morgan fingerprint density at radius 1 is 1.88 bits per heavy atom. The average molecular weight is 177 g/mol. The van der Waals surface area contributed by atoms with Crippen molar-refractivity contribution >= 4 is 21.7 Å². The Kier molecular flexibility index (Phi) is 1.49. The molecule has 1 rings (SSSR count). The molecule has 0 spiro atoms. The van der Waals surface area contributed by atoms with E-state index in [9.17, 15) is 4.79 Å². The number of hydrogen-bond acceptors (Lipinski definition) is 2. The molecule has 0 bridgehead atoms. The molecule has 0 amide bonds. The monoisotopic (exact) mass is 176 g/mol. The lowest BCUT2D eigenvalue weighted by atomic mass is 10.3. The number of hydrogen-bond donors (Lipinski definition) is 1. The topological polar surface area (TPSA) is 37.3 Å². The van der Waals surface area contributed by atoms with Gasteiger partial charge in [0, 0.05) is 6.42 Å². The minimum absolute atomic E-state index is 0.0162. The van der Waals surface area contributed by atoms with Crippen LogP contribution in [0.5, 0.6) is 0 Å². The Labute approximate surface area is 55.3 Å². The maximum Gasteiger partial charge on any atom is 0.172 e. The van der Waals surface area contributed by atoms with E-state index in [1.807, 2.05) is 0 Å². The molecule has 0 aromatic heterocycles. The standard InChI is InChI=1S/C5H5BrO2/c6-4-1-3(7)2-5(4)8/h1,3,7H,2H2. The Morgan fingerprint density at radius 2 is 2.50 bits per heavy atom. The quantitative estimate of drug-likeness (QED) is 0.588. The van der Waals surface area contributed by atoms with Gasteiger partial charge in [-0.1, -0.05) is 0 Å². The molecule has 2 nitrogen and oxygen atoms in total. The predicted octanol–water partition coefficient (Wildman–Crippen LogP) is 0.599. The summed E-state index contributed by atoms with van der Waals surface area (Å²) in [6.45, 7) is 0. The summed E-state index contributed by atoms with van der Waals surface area (Å²) in [5.74, 6) is -0.0162. The van der Waals surface area contributed by atoms with E-state index in [2.05, 4.69) is 15.9 Å². The molecular weight excluding hydrogens is 172 g/mol. The van der Waals surface area contributed by atoms with Crippen molar-refractivity contribution in [1.29, 1.82) is 0 Å². The molecule has 0 saturated heterocycles. The first kappa shape index (κ1) is 5.98. The summed E-state index contributed by atoms with van der Waals surface area (Å²) < 4.78 is 0.505. The molecule has 0 fully saturated rings. The lowest BCUT2D eigenvalue weighted by Gasteiger charge is -1.88. The van der Waals surface area contributed by atoms with Gasteiger partial charge in [0.15, 0.2) is 5.78 Å². The highest BCUT2D eigenvalue weighted by atomic mass is 79.9. The van der Waals surface area contributed by atoms with Gasteiger partial charge in [0.1, 0.15) is 0 Å². The zero-order chi connectivity index (χ0) is 6.15. The molecule has 1 unspecified atom stereocenters. The second kappa shape index (κ2) is 1.99. The maximum atomic E-state index is 10.5. The Hall–Kier alpha value is -0.150. The minimum Gasteiger partial charge on any atom is -0.389 e. The van der Waals surface area contributed by atoms with Gasteiger partial charge in [-0.25, -0.2) is 0 Å². The van der Waals surface area contributed by atoms with Crippen LogP contribution in [-0.4, -0.2) is 17.0 Å². The summed E-state index contributed by atoms with van der Waals surface area (Å²) in [4.78, 5) is 10.5. The minimum atomic E-state index is -0.558. The van der Waals surface area contributed by atoms with Crippen molar-refractivity contribution in [1.82, 2.24) is 0 Å². The number of rotatable bonds is 0. The van der Waals surface area contributed by atoms with Crippen molar-refractivity contribution < 1.29 is 9.90 Å². The third kappa shape index (κ3) is 0.980. The van der Waals surface area contributed by atoms with Crippen LogP contribution in [0.3, 0.4) is 0 Å². The van der Waals surface area contributed by atoms with Crippen LogP contribution in [-0.2, 0) is 4.79 Å². The van der Waals surface area contributed by atoms with Crippen molar-refractivity contribution in [2.45, 2.75) is 12.5 Å². The highest BCUT2D eigenvalue weighted by Crippen LogP contribution is 2.18. The Balaban J connectivity index is 2.73. The number of allylic oxidation sites excluding steroid dienone is 1. The summed E-state index contributed by atoms with van der Waals surface area (Å²) in [6, 6.07) is 0. The molecule has 44 valence electrons. The van der Waals surface area contributed by atoms with Crippen molar-refractivity contribution in [3.63, 3.8) is 0 Å². The number of ketones is 1. The summed E-state index contributed by atoms with van der Waals surface area (Å²) in [5, 5.41) is 8.74. The van der Waals surface area contributed by atoms with E-state index in [4.69, 9.17) is 5.11 Å². The number of Topliss-reactive ketones (excluding diaryl/α,β-unsaturated/α-hetero) is 1. The third-order valence-corrected chi connectivity index (χ3v) is 1.71. The first-order valence-electron chi connectivity index (χ1n) is 2.29. The fourth-order valence-electron chi connectivity index (χ4n) is 0.608. The van der Waals surface area contributed by atoms with E-state index in [0.717, 1.165) is 0 Å². The Bertz CT molecular complexity index is 151. The van der Waals surface area contributed by atoms with E-state index in [1.54, 1.807) is 0 Å². The van der Waals surface area contributed by atoms with Gasteiger partial charge in [-0.05, 0) is 22.0 Å². The summed E-state index contributed by atoms with van der Waals surface area (Å²) >= 11 is 3.00. The fourth-order valence-corrected chi connectivity index (χ4v) is 1.08. The van der Waals surface area contributed by atoms with Crippen LogP contribution in [0, 0.1) is 0 Å². The second-order valence-corrected chi connectivity index (χ2v) is 2.56. The van der Waals surface area contributed by atoms with Crippen LogP contribution < -0.4 is 0 Å². The molecule has 0 aromatic carbocycles. The van der Waals surface area contributed by atoms with Crippen molar-refractivity contribution in [3.8, 4) is 0 Å². The van der Waals surface area contributed by atoms with Gasteiger partial charge in [0.05, 0.1) is 10.6 Å². The van der Waals surface area contributed by atoms with Crippen molar-refractivity contribution in [2.75, 3.05) is 0 Å². The van der Waals surface area contributed by atoms with Crippen LogP contribution in [0.25, 0.3) is 0 Å². The number of carbonyl (C=O) groups is 1. The van der Waals surface area contributed by atoms with E-state index in [1.165, 1.54) is 6.08 Å². The molecule has 1 atom stereocenters. The van der Waals surface area contributed by atoms with Gasteiger partial charge >= 0.3 is 0 Å². The number of halogens is 1. The molecule has 0 aromatic rings. The van der Waals surface area contributed by atoms with Crippen LogP contribution in [0.2, 0.25) is 0 Å².